The Hall–Kier alpha value is -2.57. The van der Waals surface area contributed by atoms with Gasteiger partial charge in [0.15, 0.2) is 17.3 Å². The summed E-state index contributed by atoms with van der Waals surface area (Å²) in [7, 11) is 0. The van der Waals surface area contributed by atoms with Crippen LogP contribution in [-0.2, 0) is 22.2 Å². The normalized spacial score (nSPS) is 13.7. The largest absolute Gasteiger partial charge is 0.454 e. The number of rotatable bonds is 5. The fourth-order valence-corrected chi connectivity index (χ4v) is 2.60. The summed E-state index contributed by atoms with van der Waals surface area (Å²) in [6.07, 6.45) is 0.963. The number of ether oxygens (including phenoxy) is 2. The van der Waals surface area contributed by atoms with Crippen LogP contribution in [0.4, 0.5) is 0 Å². The highest BCUT2D eigenvalue weighted by atomic mass is 16.7. The molecule has 1 N–H and O–H groups in total. The number of benzene rings is 1. The van der Waals surface area contributed by atoms with Crippen LogP contribution in [0.5, 0.6) is 11.5 Å². The van der Waals surface area contributed by atoms with Gasteiger partial charge in [-0.15, -0.1) is 0 Å². The minimum absolute atomic E-state index is 0.0743. The van der Waals surface area contributed by atoms with Crippen molar-refractivity contribution in [3.8, 4) is 11.5 Å². The lowest BCUT2D eigenvalue weighted by Crippen LogP contribution is -2.42. The van der Waals surface area contributed by atoms with Gasteiger partial charge in [0.05, 0.1) is 5.54 Å². The summed E-state index contributed by atoms with van der Waals surface area (Å²) in [4.78, 5) is 16.8. The molecule has 2 aromatic rings. The maximum atomic E-state index is 12.4. The van der Waals surface area contributed by atoms with Crippen molar-refractivity contribution in [3.05, 3.63) is 35.5 Å². The average molecular weight is 359 g/mol. The first-order valence-electron chi connectivity index (χ1n) is 8.69. The molecule has 7 nitrogen and oxygen atoms in total. The topological polar surface area (TPSA) is 86.5 Å². The van der Waals surface area contributed by atoms with Crippen LogP contribution in [0.1, 0.15) is 58.3 Å². The molecule has 1 amide bonds. The number of aromatic nitrogens is 2. The molecule has 0 fully saturated rings. The molecule has 3 rings (SSSR count). The van der Waals surface area contributed by atoms with Gasteiger partial charge in [-0.1, -0.05) is 32.0 Å². The number of nitrogens with zero attached hydrogens (tertiary/aromatic N) is 2. The second-order valence-corrected chi connectivity index (χ2v) is 8.03. The molecular formula is C19H25N3O4. The summed E-state index contributed by atoms with van der Waals surface area (Å²) in [6.45, 7) is 9.98. The molecule has 7 heteroatoms. The van der Waals surface area contributed by atoms with E-state index >= 15 is 0 Å². The van der Waals surface area contributed by atoms with Crippen molar-refractivity contribution >= 4 is 5.91 Å². The van der Waals surface area contributed by atoms with E-state index in [2.05, 4.69) is 15.5 Å². The van der Waals surface area contributed by atoms with E-state index in [0.717, 1.165) is 17.1 Å². The van der Waals surface area contributed by atoms with Crippen molar-refractivity contribution < 1.29 is 18.8 Å². The summed E-state index contributed by atoms with van der Waals surface area (Å²) in [5, 5.41) is 7.01. The minimum atomic E-state index is -0.709. The molecular weight excluding hydrogens is 334 g/mol. The lowest BCUT2D eigenvalue weighted by molar-refractivity contribution is -0.122. The Labute approximate surface area is 153 Å². The highest BCUT2D eigenvalue weighted by Gasteiger charge is 2.31. The summed E-state index contributed by atoms with van der Waals surface area (Å²) >= 11 is 0. The Kier molecular flexibility index (Phi) is 4.64. The first kappa shape index (κ1) is 18.2. The fourth-order valence-electron chi connectivity index (χ4n) is 2.60. The zero-order valence-corrected chi connectivity index (χ0v) is 15.9. The van der Waals surface area contributed by atoms with Gasteiger partial charge in [-0.05, 0) is 38.0 Å². The second kappa shape index (κ2) is 6.63. The van der Waals surface area contributed by atoms with Gasteiger partial charge in [0, 0.05) is 11.8 Å². The number of hydrogen-bond donors (Lipinski definition) is 1. The zero-order chi connectivity index (χ0) is 18.9. The Bertz CT molecular complexity index is 805. The van der Waals surface area contributed by atoms with Crippen LogP contribution in [0, 0.1) is 0 Å². The average Bonchev–Trinajstić information content (AvgIpc) is 3.21. The van der Waals surface area contributed by atoms with Crippen molar-refractivity contribution in [1.82, 2.24) is 15.5 Å². The third-order valence-electron chi connectivity index (χ3n) is 4.16. The molecule has 140 valence electrons. The van der Waals surface area contributed by atoms with Crippen molar-refractivity contribution in [2.24, 2.45) is 0 Å². The van der Waals surface area contributed by atoms with E-state index < -0.39 is 5.54 Å². The van der Waals surface area contributed by atoms with Crippen LogP contribution >= 0.6 is 0 Å². The molecule has 1 aromatic heterocycles. The Morgan fingerprint density at radius 3 is 2.58 bits per heavy atom. The first-order chi connectivity index (χ1) is 12.1. The molecule has 0 saturated carbocycles. The minimum Gasteiger partial charge on any atom is -0.454 e. The summed E-state index contributed by atoms with van der Waals surface area (Å²) in [5.74, 6) is 2.42. The second-order valence-electron chi connectivity index (χ2n) is 8.03. The van der Waals surface area contributed by atoms with Gasteiger partial charge in [-0.3, -0.25) is 4.79 Å². The highest BCUT2D eigenvalue weighted by molar-refractivity contribution is 5.77. The van der Waals surface area contributed by atoms with Gasteiger partial charge in [-0.2, -0.15) is 4.98 Å². The Balaban J connectivity index is 1.59. The maximum Gasteiger partial charge on any atom is 0.232 e. The van der Waals surface area contributed by atoms with Crippen LogP contribution in [0.3, 0.4) is 0 Å². The summed E-state index contributed by atoms with van der Waals surface area (Å²) in [6, 6.07) is 5.73. The van der Waals surface area contributed by atoms with Crippen LogP contribution < -0.4 is 14.8 Å². The third-order valence-corrected chi connectivity index (χ3v) is 4.16. The zero-order valence-electron chi connectivity index (χ0n) is 15.9. The van der Waals surface area contributed by atoms with Crippen LogP contribution in [0.2, 0.25) is 0 Å². The number of nitrogens with one attached hydrogen (secondary N) is 1. The molecule has 0 radical (unpaired) electrons. The predicted octanol–water partition coefficient (Wildman–Crippen LogP) is 3.08. The monoisotopic (exact) mass is 359 g/mol. The molecule has 0 atom stereocenters. The molecule has 0 unspecified atom stereocenters. The van der Waals surface area contributed by atoms with E-state index in [4.69, 9.17) is 14.0 Å². The van der Waals surface area contributed by atoms with Gasteiger partial charge >= 0.3 is 0 Å². The number of amides is 1. The molecule has 2 heterocycles. The van der Waals surface area contributed by atoms with Gasteiger partial charge in [0.25, 0.3) is 0 Å². The van der Waals surface area contributed by atoms with E-state index in [-0.39, 0.29) is 18.1 Å². The molecule has 1 aliphatic heterocycles. The van der Waals surface area contributed by atoms with Crippen molar-refractivity contribution in [2.45, 2.75) is 58.4 Å². The number of carbonyl (C=O) groups excluding carboxylic acids is 1. The maximum absolute atomic E-state index is 12.4. The van der Waals surface area contributed by atoms with E-state index in [1.54, 1.807) is 0 Å². The van der Waals surface area contributed by atoms with E-state index in [9.17, 15) is 4.79 Å². The Morgan fingerprint density at radius 2 is 1.88 bits per heavy atom. The number of fused-ring (bicyclic) bond motifs is 1. The lowest BCUT2D eigenvalue weighted by atomic mass is 9.97. The van der Waals surface area contributed by atoms with Gasteiger partial charge in [0.1, 0.15) is 0 Å². The number of aryl methyl sites for hydroxylation is 1. The summed E-state index contributed by atoms with van der Waals surface area (Å²) < 4.78 is 16.0. The smallest absolute Gasteiger partial charge is 0.232 e. The molecule has 0 spiro atoms. The van der Waals surface area contributed by atoms with Gasteiger partial charge in [0.2, 0.25) is 18.6 Å². The van der Waals surface area contributed by atoms with Gasteiger partial charge in [-0.25, -0.2) is 0 Å². The van der Waals surface area contributed by atoms with Crippen molar-refractivity contribution in [3.63, 3.8) is 0 Å². The van der Waals surface area contributed by atoms with Crippen molar-refractivity contribution in [2.75, 3.05) is 6.79 Å². The lowest BCUT2D eigenvalue weighted by Gasteiger charge is -2.22. The molecule has 1 aromatic carbocycles. The Morgan fingerprint density at radius 1 is 1.15 bits per heavy atom. The van der Waals surface area contributed by atoms with Crippen LogP contribution in [-0.4, -0.2) is 22.8 Å². The quantitative estimate of drug-likeness (QED) is 0.883. The fraction of sp³-hybridized carbons (Fsp3) is 0.526. The van der Waals surface area contributed by atoms with E-state index in [1.165, 1.54) is 0 Å². The van der Waals surface area contributed by atoms with Gasteiger partial charge < -0.3 is 19.3 Å². The van der Waals surface area contributed by atoms with Crippen molar-refractivity contribution in [1.29, 1.82) is 0 Å². The standard InChI is InChI=1S/C19H25N3O4/c1-18(2,3)17-20-16(22-26-17)19(4,5)21-15(23)9-7-12-6-8-13-14(10-12)25-11-24-13/h6,8,10H,7,9,11H2,1-5H3,(H,21,23). The predicted molar refractivity (Wildman–Crippen MR) is 95.1 cm³/mol. The number of carbonyl (C=O) groups is 1. The molecule has 0 bridgehead atoms. The molecule has 26 heavy (non-hydrogen) atoms. The van der Waals surface area contributed by atoms with E-state index in [1.807, 2.05) is 52.8 Å². The first-order valence-corrected chi connectivity index (χ1v) is 8.69. The number of hydrogen-bond acceptors (Lipinski definition) is 6. The van der Waals surface area contributed by atoms with E-state index in [0.29, 0.717) is 24.6 Å². The summed E-state index contributed by atoms with van der Waals surface area (Å²) in [5.41, 5.74) is 0.0840. The highest BCUT2D eigenvalue weighted by Crippen LogP contribution is 2.32. The van der Waals surface area contributed by atoms with Crippen LogP contribution in [0.15, 0.2) is 22.7 Å². The molecule has 1 aliphatic rings. The molecule has 0 saturated heterocycles. The SMILES string of the molecule is CC(C)(C)c1nc(C(C)(C)NC(=O)CCc2ccc3c(c2)OCO3)no1. The van der Waals surface area contributed by atoms with Crippen LogP contribution in [0.25, 0.3) is 0 Å². The third kappa shape index (κ3) is 3.98. The molecule has 0 aliphatic carbocycles.